The summed E-state index contributed by atoms with van der Waals surface area (Å²) in [5.74, 6) is -0.151. The molecule has 0 unspecified atom stereocenters. The zero-order valence-corrected chi connectivity index (χ0v) is 9.43. The zero-order valence-electron chi connectivity index (χ0n) is 8.67. The van der Waals surface area contributed by atoms with Gasteiger partial charge < -0.3 is 4.74 Å². The smallest absolute Gasteiger partial charge is 0.387 e. The van der Waals surface area contributed by atoms with Gasteiger partial charge in [-0.1, -0.05) is 12.1 Å². The van der Waals surface area contributed by atoms with Crippen molar-refractivity contribution in [1.82, 2.24) is 0 Å². The second-order valence-electron chi connectivity index (χ2n) is 3.33. The normalized spacial score (nSPS) is 10.6. The molecule has 0 saturated carbocycles. The van der Waals surface area contributed by atoms with Gasteiger partial charge in [-0.2, -0.15) is 8.78 Å². The lowest BCUT2D eigenvalue weighted by molar-refractivity contribution is -0.116. The van der Waals surface area contributed by atoms with Crippen LogP contribution in [0.4, 0.5) is 8.78 Å². The predicted molar refractivity (Wildman–Crippen MR) is 57.2 cm³/mol. The molecular formula is C11H11ClF2O2. The Morgan fingerprint density at radius 1 is 1.50 bits per heavy atom. The summed E-state index contributed by atoms with van der Waals surface area (Å²) in [5, 5.41) is 0. The largest absolute Gasteiger partial charge is 0.435 e. The number of halogens is 3. The summed E-state index contributed by atoms with van der Waals surface area (Å²) in [4.78, 5) is 11.1. The Hall–Kier alpha value is -1.16. The molecule has 88 valence electrons. The van der Waals surface area contributed by atoms with Gasteiger partial charge in [0.2, 0.25) is 0 Å². The molecule has 1 aromatic carbocycles. The lowest BCUT2D eigenvalue weighted by atomic mass is 10.1. The summed E-state index contributed by atoms with van der Waals surface area (Å²) in [6.07, 6.45) is 0.128. The molecule has 16 heavy (non-hydrogen) atoms. The number of hydrogen-bond acceptors (Lipinski definition) is 2. The molecule has 1 aromatic rings. The second-order valence-corrected chi connectivity index (χ2v) is 3.59. The van der Waals surface area contributed by atoms with Crippen molar-refractivity contribution in [3.05, 3.63) is 29.3 Å². The maximum absolute atomic E-state index is 12.1. The lowest BCUT2D eigenvalue weighted by Gasteiger charge is -2.09. The number of Topliss-reactive ketones (excluding diaryl/α,β-unsaturated/α-hetero) is 1. The van der Waals surface area contributed by atoms with E-state index in [1.807, 2.05) is 0 Å². The number of ketones is 1. The highest BCUT2D eigenvalue weighted by Gasteiger charge is 2.09. The quantitative estimate of drug-likeness (QED) is 0.749. The van der Waals surface area contributed by atoms with E-state index in [9.17, 15) is 13.6 Å². The molecule has 2 nitrogen and oxygen atoms in total. The average molecular weight is 249 g/mol. The van der Waals surface area contributed by atoms with Crippen LogP contribution in [-0.2, 0) is 11.2 Å². The van der Waals surface area contributed by atoms with Crippen molar-refractivity contribution < 1.29 is 18.3 Å². The minimum atomic E-state index is -2.86. The first-order valence-electron chi connectivity index (χ1n) is 4.65. The Bertz CT molecular complexity index is 380. The minimum absolute atomic E-state index is 0.0844. The van der Waals surface area contributed by atoms with E-state index >= 15 is 0 Å². The maximum Gasteiger partial charge on any atom is 0.387 e. The van der Waals surface area contributed by atoms with Crippen LogP contribution in [0.25, 0.3) is 0 Å². The topological polar surface area (TPSA) is 26.3 Å². The van der Waals surface area contributed by atoms with E-state index in [-0.39, 0.29) is 23.8 Å². The van der Waals surface area contributed by atoms with Gasteiger partial charge in [0.05, 0.1) is 5.88 Å². The van der Waals surface area contributed by atoms with Gasteiger partial charge in [0.25, 0.3) is 0 Å². The Morgan fingerprint density at radius 2 is 2.19 bits per heavy atom. The van der Waals surface area contributed by atoms with Gasteiger partial charge >= 0.3 is 6.61 Å². The second kappa shape index (κ2) is 5.80. The molecule has 0 saturated heterocycles. The van der Waals surface area contributed by atoms with Gasteiger partial charge in [-0.3, -0.25) is 4.79 Å². The first kappa shape index (κ1) is 12.9. The number of alkyl halides is 3. The SMILES string of the molecule is Cc1ccc(CC(=O)CCl)cc1OC(F)F. The number of aryl methyl sites for hydroxylation is 1. The van der Waals surface area contributed by atoms with Crippen molar-refractivity contribution >= 4 is 17.4 Å². The van der Waals surface area contributed by atoms with Crippen LogP contribution >= 0.6 is 11.6 Å². The number of carbonyl (C=O) groups is 1. The molecule has 0 heterocycles. The maximum atomic E-state index is 12.1. The van der Waals surface area contributed by atoms with Crippen LogP contribution in [0.3, 0.4) is 0 Å². The third-order valence-corrected chi connectivity index (χ3v) is 2.32. The molecule has 5 heteroatoms. The van der Waals surface area contributed by atoms with Crippen molar-refractivity contribution in [2.75, 3.05) is 5.88 Å². The average Bonchev–Trinajstić information content (AvgIpc) is 2.22. The Kier molecular flexibility index (Phi) is 4.68. The molecule has 0 aliphatic rings. The Balaban J connectivity index is 2.84. The van der Waals surface area contributed by atoms with E-state index in [4.69, 9.17) is 11.6 Å². The highest BCUT2D eigenvalue weighted by Crippen LogP contribution is 2.22. The van der Waals surface area contributed by atoms with E-state index in [1.54, 1.807) is 19.1 Å². The van der Waals surface area contributed by atoms with Gasteiger partial charge in [0, 0.05) is 6.42 Å². The van der Waals surface area contributed by atoms with E-state index in [0.717, 1.165) is 0 Å². The third-order valence-electron chi connectivity index (χ3n) is 2.02. The fourth-order valence-corrected chi connectivity index (χ4v) is 1.35. The van der Waals surface area contributed by atoms with Gasteiger partial charge in [-0.05, 0) is 24.1 Å². The molecule has 1 rings (SSSR count). The third kappa shape index (κ3) is 3.77. The molecule has 0 aromatic heterocycles. The van der Waals surface area contributed by atoms with Crippen LogP contribution in [-0.4, -0.2) is 18.3 Å². The van der Waals surface area contributed by atoms with Crippen LogP contribution < -0.4 is 4.74 Å². The molecule has 0 radical (unpaired) electrons. The molecule has 0 spiro atoms. The van der Waals surface area contributed by atoms with E-state index in [1.165, 1.54) is 6.07 Å². The first-order valence-corrected chi connectivity index (χ1v) is 5.18. The number of ether oxygens (including phenoxy) is 1. The van der Waals surface area contributed by atoms with E-state index < -0.39 is 6.61 Å². The fourth-order valence-electron chi connectivity index (χ4n) is 1.25. The molecule has 0 bridgehead atoms. The van der Waals surface area contributed by atoms with Crippen molar-refractivity contribution in [2.24, 2.45) is 0 Å². The number of rotatable bonds is 5. The Labute approximate surface area is 97.2 Å². The summed E-state index contributed by atoms with van der Waals surface area (Å²) in [6.45, 7) is -1.21. The number of hydrogen-bond donors (Lipinski definition) is 0. The highest BCUT2D eigenvalue weighted by atomic mass is 35.5. The van der Waals surface area contributed by atoms with Gasteiger partial charge in [-0.25, -0.2) is 0 Å². The van der Waals surface area contributed by atoms with Crippen LogP contribution in [0, 0.1) is 6.92 Å². The lowest BCUT2D eigenvalue weighted by Crippen LogP contribution is -2.06. The molecule has 0 amide bonds. The van der Waals surface area contributed by atoms with Gasteiger partial charge in [0.15, 0.2) is 5.78 Å². The van der Waals surface area contributed by atoms with Crippen LogP contribution in [0.2, 0.25) is 0 Å². The van der Waals surface area contributed by atoms with Crippen LogP contribution in [0.1, 0.15) is 11.1 Å². The zero-order chi connectivity index (χ0) is 12.1. The van der Waals surface area contributed by atoms with Crippen molar-refractivity contribution in [3.63, 3.8) is 0 Å². The van der Waals surface area contributed by atoms with E-state index in [0.29, 0.717) is 11.1 Å². The summed E-state index contributed by atoms with van der Waals surface area (Å²) in [5.41, 5.74) is 1.22. The van der Waals surface area contributed by atoms with Crippen LogP contribution in [0.15, 0.2) is 18.2 Å². The Morgan fingerprint density at radius 3 is 2.75 bits per heavy atom. The van der Waals surface area contributed by atoms with Crippen molar-refractivity contribution in [1.29, 1.82) is 0 Å². The summed E-state index contributed by atoms with van der Waals surface area (Å²) in [7, 11) is 0. The monoisotopic (exact) mass is 248 g/mol. The van der Waals surface area contributed by atoms with Crippen LogP contribution in [0.5, 0.6) is 5.75 Å². The standard InChI is InChI=1S/C11H11ClF2O2/c1-7-2-3-8(4-9(15)6-12)5-10(7)16-11(13)14/h2-3,5,11H,4,6H2,1H3. The fraction of sp³-hybridized carbons (Fsp3) is 0.364. The predicted octanol–water partition coefficient (Wildman–Crippen LogP) is 2.95. The molecule has 0 aliphatic carbocycles. The molecule has 0 atom stereocenters. The number of carbonyl (C=O) groups excluding carboxylic acids is 1. The molecular weight excluding hydrogens is 238 g/mol. The first-order chi connectivity index (χ1) is 7.52. The minimum Gasteiger partial charge on any atom is -0.435 e. The summed E-state index contributed by atoms with van der Waals surface area (Å²) >= 11 is 5.36. The van der Waals surface area contributed by atoms with Crippen molar-refractivity contribution in [3.8, 4) is 5.75 Å². The van der Waals surface area contributed by atoms with E-state index in [2.05, 4.69) is 4.74 Å². The highest BCUT2D eigenvalue weighted by molar-refractivity contribution is 6.27. The molecule has 0 fully saturated rings. The van der Waals surface area contributed by atoms with Gasteiger partial charge in [-0.15, -0.1) is 11.6 Å². The van der Waals surface area contributed by atoms with Gasteiger partial charge in [0.1, 0.15) is 5.75 Å². The number of benzene rings is 1. The summed E-state index contributed by atoms with van der Waals surface area (Å²) < 4.78 is 28.4. The van der Waals surface area contributed by atoms with Crippen molar-refractivity contribution in [2.45, 2.75) is 20.0 Å². The summed E-state index contributed by atoms with van der Waals surface area (Å²) in [6, 6.07) is 4.76. The molecule has 0 aliphatic heterocycles. The molecule has 0 N–H and O–H groups in total.